The quantitative estimate of drug-likeness (QED) is 0.679. The number of rotatable bonds is 3. The number of anilines is 1. The van der Waals surface area contributed by atoms with Crippen molar-refractivity contribution in [3.63, 3.8) is 0 Å². The van der Waals surface area contributed by atoms with Gasteiger partial charge in [0.2, 0.25) is 0 Å². The van der Waals surface area contributed by atoms with Crippen molar-refractivity contribution in [2.24, 2.45) is 0 Å². The summed E-state index contributed by atoms with van der Waals surface area (Å²) in [5.74, 6) is 0. The molecule has 1 aromatic heterocycles. The minimum atomic E-state index is -4.68. The average Bonchev–Trinajstić information content (AvgIpc) is 2.12. The van der Waals surface area contributed by atoms with Crippen molar-refractivity contribution in [2.75, 3.05) is 11.9 Å². The summed E-state index contributed by atoms with van der Waals surface area (Å²) in [6.45, 7) is -0.728. The highest BCUT2D eigenvalue weighted by Gasteiger charge is 2.37. The number of aliphatic hydroxyl groups is 1. The molecule has 1 rings (SSSR count). The van der Waals surface area contributed by atoms with E-state index in [4.69, 9.17) is 5.11 Å². The summed E-state index contributed by atoms with van der Waals surface area (Å²) in [5, 5.41) is 16.3. The summed E-state index contributed by atoms with van der Waals surface area (Å²) in [6.07, 6.45) is -6.01. The smallest absolute Gasteiger partial charge is 0.382 e. The molecule has 0 aliphatic rings. The van der Waals surface area contributed by atoms with Gasteiger partial charge >= 0.3 is 6.18 Å². The molecule has 0 spiro atoms. The lowest BCUT2D eigenvalue weighted by Gasteiger charge is -2.15. The first-order valence-electron chi connectivity index (χ1n) is 3.93. The van der Waals surface area contributed by atoms with Crippen LogP contribution in [-0.4, -0.2) is 34.1 Å². The van der Waals surface area contributed by atoms with E-state index in [1.807, 2.05) is 0 Å². The third kappa shape index (κ3) is 3.58. The van der Waals surface area contributed by atoms with Crippen LogP contribution in [0.15, 0.2) is 17.1 Å². The van der Waals surface area contributed by atoms with E-state index in [2.05, 4.69) is 15.5 Å². The van der Waals surface area contributed by atoms with Gasteiger partial charge in [-0.3, -0.25) is 4.79 Å². The van der Waals surface area contributed by atoms with Gasteiger partial charge in [-0.15, -0.1) is 0 Å². The highest BCUT2D eigenvalue weighted by atomic mass is 19.4. The Morgan fingerprint density at radius 3 is 2.80 bits per heavy atom. The zero-order chi connectivity index (χ0) is 11.5. The molecule has 0 aromatic carbocycles. The number of H-pyrrole nitrogens is 1. The molecular formula is C7H8F3N3O2. The second-order valence-corrected chi connectivity index (χ2v) is 2.77. The van der Waals surface area contributed by atoms with Crippen molar-refractivity contribution < 1.29 is 18.3 Å². The Balaban J connectivity index is 2.54. The van der Waals surface area contributed by atoms with Crippen LogP contribution in [0.2, 0.25) is 0 Å². The zero-order valence-corrected chi connectivity index (χ0v) is 7.38. The van der Waals surface area contributed by atoms with Crippen LogP contribution in [0.25, 0.3) is 0 Å². The number of nitrogens with zero attached hydrogens (tertiary/aromatic N) is 1. The number of nitrogens with one attached hydrogen (secondary N) is 2. The van der Waals surface area contributed by atoms with Gasteiger partial charge in [0.05, 0.1) is 11.9 Å². The van der Waals surface area contributed by atoms with E-state index < -0.39 is 24.4 Å². The van der Waals surface area contributed by atoms with Gasteiger partial charge in [0.1, 0.15) is 0 Å². The van der Waals surface area contributed by atoms with E-state index in [1.54, 1.807) is 0 Å². The normalized spacial score (nSPS) is 13.6. The Bertz CT molecular complexity index is 376. The van der Waals surface area contributed by atoms with Crippen molar-refractivity contribution in [2.45, 2.75) is 12.3 Å². The van der Waals surface area contributed by atoms with Crippen LogP contribution in [0.4, 0.5) is 18.9 Å². The summed E-state index contributed by atoms with van der Waals surface area (Å²) in [6, 6.07) is 1.04. The van der Waals surface area contributed by atoms with Crippen molar-refractivity contribution in [3.05, 3.63) is 22.6 Å². The van der Waals surface area contributed by atoms with E-state index in [-0.39, 0.29) is 5.69 Å². The maximum atomic E-state index is 11.9. The SMILES string of the molecule is O=c1cc(NCC(O)C(F)(F)F)cn[nH]1. The molecule has 0 fully saturated rings. The minimum absolute atomic E-state index is 0.113. The van der Waals surface area contributed by atoms with Gasteiger partial charge in [0.25, 0.3) is 5.56 Å². The van der Waals surface area contributed by atoms with Gasteiger partial charge in [0.15, 0.2) is 6.10 Å². The number of hydrogen-bond acceptors (Lipinski definition) is 4. The predicted octanol–water partition coefficient (Wildman–Crippen LogP) is 0.105. The maximum Gasteiger partial charge on any atom is 0.416 e. The van der Waals surface area contributed by atoms with Gasteiger partial charge in [-0.25, -0.2) is 5.10 Å². The number of hydrogen-bond donors (Lipinski definition) is 3. The van der Waals surface area contributed by atoms with Crippen LogP contribution < -0.4 is 10.9 Å². The van der Waals surface area contributed by atoms with Crippen molar-refractivity contribution in [1.29, 1.82) is 0 Å². The standard InChI is InChI=1S/C7H8F3N3O2/c8-7(9,10)5(14)3-11-4-1-6(15)13-12-2-4/h1-2,5,14H,3H2,(H2,11,13,15). The van der Waals surface area contributed by atoms with Gasteiger partial charge < -0.3 is 10.4 Å². The second kappa shape index (κ2) is 4.30. The Labute approximate surface area is 81.9 Å². The van der Waals surface area contributed by atoms with E-state index in [0.717, 1.165) is 12.3 Å². The monoisotopic (exact) mass is 223 g/mol. The third-order valence-electron chi connectivity index (χ3n) is 1.54. The first kappa shape index (κ1) is 11.5. The molecule has 0 aliphatic heterocycles. The molecule has 1 heterocycles. The highest BCUT2D eigenvalue weighted by Crippen LogP contribution is 2.19. The first-order valence-corrected chi connectivity index (χ1v) is 3.93. The van der Waals surface area contributed by atoms with E-state index in [0.29, 0.717) is 0 Å². The van der Waals surface area contributed by atoms with Crippen LogP contribution in [0.5, 0.6) is 0 Å². The van der Waals surface area contributed by atoms with E-state index in [9.17, 15) is 18.0 Å². The molecule has 1 atom stereocenters. The molecule has 0 aliphatic carbocycles. The van der Waals surface area contributed by atoms with E-state index >= 15 is 0 Å². The number of halogens is 3. The lowest BCUT2D eigenvalue weighted by Crippen LogP contribution is -2.35. The van der Waals surface area contributed by atoms with Gasteiger partial charge in [-0.05, 0) is 0 Å². The van der Waals surface area contributed by atoms with Crippen molar-refractivity contribution in [3.8, 4) is 0 Å². The Hall–Kier alpha value is -1.57. The van der Waals surface area contributed by atoms with Gasteiger partial charge in [0, 0.05) is 12.6 Å². The van der Waals surface area contributed by atoms with E-state index in [1.165, 1.54) is 0 Å². The largest absolute Gasteiger partial charge is 0.416 e. The van der Waals surface area contributed by atoms with Crippen LogP contribution in [0, 0.1) is 0 Å². The number of aliphatic hydroxyl groups excluding tert-OH is 1. The summed E-state index contributed by atoms with van der Waals surface area (Å²) in [5.41, 5.74) is -0.427. The predicted molar refractivity (Wildman–Crippen MR) is 45.4 cm³/mol. The molecule has 0 saturated heterocycles. The van der Waals surface area contributed by atoms with Crippen LogP contribution >= 0.6 is 0 Å². The molecule has 1 aromatic rings. The maximum absolute atomic E-state index is 11.9. The van der Waals surface area contributed by atoms with Gasteiger partial charge in [-0.1, -0.05) is 0 Å². The zero-order valence-electron chi connectivity index (χ0n) is 7.38. The molecule has 0 amide bonds. The Kier molecular flexibility index (Phi) is 3.30. The average molecular weight is 223 g/mol. The molecule has 0 bridgehead atoms. The fourth-order valence-electron chi connectivity index (χ4n) is 0.803. The molecule has 5 nitrogen and oxygen atoms in total. The molecule has 3 N–H and O–H groups in total. The summed E-state index contributed by atoms with van der Waals surface area (Å²) < 4.78 is 35.6. The van der Waals surface area contributed by atoms with Crippen LogP contribution in [0.1, 0.15) is 0 Å². The fraction of sp³-hybridized carbons (Fsp3) is 0.429. The summed E-state index contributed by atoms with van der Waals surface area (Å²) >= 11 is 0. The Morgan fingerprint density at radius 2 is 2.27 bits per heavy atom. The fourth-order valence-corrected chi connectivity index (χ4v) is 0.803. The number of alkyl halides is 3. The lowest BCUT2D eigenvalue weighted by atomic mass is 10.3. The van der Waals surface area contributed by atoms with Crippen LogP contribution in [0.3, 0.4) is 0 Å². The Morgan fingerprint density at radius 1 is 1.60 bits per heavy atom. The molecule has 8 heteroatoms. The third-order valence-corrected chi connectivity index (χ3v) is 1.54. The van der Waals surface area contributed by atoms with Crippen LogP contribution in [-0.2, 0) is 0 Å². The number of aromatic amines is 1. The second-order valence-electron chi connectivity index (χ2n) is 2.77. The van der Waals surface area contributed by atoms with Crippen molar-refractivity contribution in [1.82, 2.24) is 10.2 Å². The molecule has 0 radical (unpaired) electrons. The molecule has 1 unspecified atom stereocenters. The molecule has 0 saturated carbocycles. The molecular weight excluding hydrogens is 215 g/mol. The summed E-state index contributed by atoms with van der Waals surface area (Å²) in [4.78, 5) is 10.7. The van der Waals surface area contributed by atoms with Gasteiger partial charge in [-0.2, -0.15) is 18.3 Å². The lowest BCUT2D eigenvalue weighted by molar-refractivity contribution is -0.198. The molecule has 84 valence electrons. The van der Waals surface area contributed by atoms with Crippen molar-refractivity contribution >= 4 is 5.69 Å². The topological polar surface area (TPSA) is 78.0 Å². The highest BCUT2D eigenvalue weighted by molar-refractivity contribution is 5.38. The first-order chi connectivity index (χ1) is 6.89. The minimum Gasteiger partial charge on any atom is -0.382 e. The molecule has 15 heavy (non-hydrogen) atoms. The number of aromatic nitrogens is 2. The summed E-state index contributed by atoms with van der Waals surface area (Å²) in [7, 11) is 0.